The lowest BCUT2D eigenvalue weighted by molar-refractivity contribution is -0.115. The van der Waals surface area contributed by atoms with Crippen LogP contribution in [0.25, 0.3) is 0 Å². The zero-order chi connectivity index (χ0) is 20.7. The lowest BCUT2D eigenvalue weighted by atomic mass is 10.2. The van der Waals surface area contributed by atoms with Crippen LogP contribution in [-0.2, 0) is 9.53 Å². The van der Waals surface area contributed by atoms with Gasteiger partial charge in [0.1, 0.15) is 11.6 Å². The number of carbonyl (C=O) groups excluding carboxylic acids is 3. The second-order valence-corrected chi connectivity index (χ2v) is 5.66. The maximum atomic E-state index is 13.5. The van der Waals surface area contributed by atoms with E-state index in [0.29, 0.717) is 17.4 Å². The smallest absolute Gasteiger partial charge is 0.413 e. The van der Waals surface area contributed by atoms with Gasteiger partial charge in [0.25, 0.3) is 5.91 Å². The average molecular weight is 391 g/mol. The van der Waals surface area contributed by atoms with Crippen molar-refractivity contribution >= 4 is 29.3 Å². The molecule has 2 aromatic carbocycles. The number of carbonyl (C=O) groups is 3. The molecule has 2 rings (SSSR count). The van der Waals surface area contributed by atoms with Gasteiger partial charge in [-0.05, 0) is 43.3 Å². The molecule has 0 saturated carbocycles. The van der Waals surface area contributed by atoms with E-state index in [0.717, 1.165) is 12.1 Å². The fraction of sp³-hybridized carbons (Fsp3) is 0.211. The average Bonchev–Trinajstić information content (AvgIpc) is 2.66. The fourth-order valence-electron chi connectivity index (χ4n) is 2.23. The monoisotopic (exact) mass is 391 g/mol. The van der Waals surface area contributed by atoms with E-state index in [1.807, 2.05) is 0 Å². The normalized spacial score (nSPS) is 10.1. The molecule has 3 amide bonds. The third-order valence-corrected chi connectivity index (χ3v) is 3.67. The van der Waals surface area contributed by atoms with Crippen LogP contribution in [0.15, 0.2) is 42.5 Å². The first kappa shape index (κ1) is 20.8. The van der Waals surface area contributed by atoms with Gasteiger partial charge >= 0.3 is 6.09 Å². The summed E-state index contributed by atoms with van der Waals surface area (Å²) in [7, 11) is 1.55. The Morgan fingerprint density at radius 3 is 2.36 bits per heavy atom. The molecule has 0 saturated heterocycles. The molecule has 2 N–H and O–H groups in total. The van der Waals surface area contributed by atoms with Gasteiger partial charge in [0, 0.05) is 24.5 Å². The van der Waals surface area contributed by atoms with Gasteiger partial charge in [-0.15, -0.1) is 0 Å². The van der Waals surface area contributed by atoms with Gasteiger partial charge in [0.05, 0.1) is 18.7 Å². The predicted molar refractivity (Wildman–Crippen MR) is 99.2 cm³/mol. The number of ether oxygens (including phenoxy) is 1. The molecule has 7 nitrogen and oxygen atoms in total. The Morgan fingerprint density at radius 2 is 1.75 bits per heavy atom. The van der Waals surface area contributed by atoms with Gasteiger partial charge < -0.3 is 15.4 Å². The van der Waals surface area contributed by atoms with E-state index >= 15 is 0 Å². The van der Waals surface area contributed by atoms with Crippen LogP contribution in [0.4, 0.5) is 25.0 Å². The van der Waals surface area contributed by atoms with Gasteiger partial charge in [-0.1, -0.05) is 0 Å². The second-order valence-electron chi connectivity index (χ2n) is 5.66. The Labute approximate surface area is 160 Å². The van der Waals surface area contributed by atoms with Gasteiger partial charge in [-0.25, -0.2) is 13.6 Å². The molecule has 0 aliphatic heterocycles. The first-order valence-electron chi connectivity index (χ1n) is 8.35. The summed E-state index contributed by atoms with van der Waals surface area (Å²) in [6, 6.07) is 8.90. The molecule has 0 aromatic heterocycles. The van der Waals surface area contributed by atoms with Crippen molar-refractivity contribution in [3.63, 3.8) is 0 Å². The Balaban J connectivity index is 1.89. The number of benzene rings is 2. The van der Waals surface area contributed by atoms with Gasteiger partial charge in [-0.2, -0.15) is 0 Å². The van der Waals surface area contributed by atoms with Gasteiger partial charge in [0.2, 0.25) is 5.91 Å². The van der Waals surface area contributed by atoms with Crippen molar-refractivity contribution in [3.05, 3.63) is 59.7 Å². The van der Waals surface area contributed by atoms with Gasteiger partial charge in [0.15, 0.2) is 0 Å². The molecule has 0 bridgehead atoms. The maximum absolute atomic E-state index is 13.5. The SMILES string of the molecule is CCOC(=O)N(C)c1ccc(NC(=O)CNC(=O)c2ccc(F)cc2F)cc1. The molecular weight excluding hydrogens is 372 g/mol. The zero-order valence-corrected chi connectivity index (χ0v) is 15.3. The van der Waals surface area contributed by atoms with Crippen molar-refractivity contribution in [1.82, 2.24) is 5.32 Å². The van der Waals surface area contributed by atoms with E-state index in [1.165, 1.54) is 4.90 Å². The first-order valence-corrected chi connectivity index (χ1v) is 8.35. The quantitative estimate of drug-likeness (QED) is 0.793. The lowest BCUT2D eigenvalue weighted by Crippen LogP contribution is -2.33. The standard InChI is InChI=1S/C19H19F2N3O4/c1-3-28-19(27)24(2)14-7-5-13(6-8-14)23-17(25)11-22-18(26)15-9-4-12(20)10-16(15)21/h4-10H,3,11H2,1-2H3,(H,22,26)(H,23,25). The summed E-state index contributed by atoms with van der Waals surface area (Å²) in [5.74, 6) is -3.19. The molecule has 0 atom stereocenters. The van der Waals surface area contributed by atoms with Crippen LogP contribution < -0.4 is 15.5 Å². The number of anilines is 2. The molecule has 0 aliphatic carbocycles. The molecule has 148 valence electrons. The Kier molecular flexibility index (Phi) is 7.02. The molecule has 2 aromatic rings. The van der Waals surface area contributed by atoms with Crippen LogP contribution in [0.2, 0.25) is 0 Å². The van der Waals surface area contributed by atoms with Gasteiger partial charge in [-0.3, -0.25) is 14.5 Å². The summed E-state index contributed by atoms with van der Waals surface area (Å²) in [4.78, 5) is 36.8. The second kappa shape index (κ2) is 9.45. The number of hydrogen-bond acceptors (Lipinski definition) is 4. The van der Waals surface area contributed by atoms with E-state index in [1.54, 1.807) is 38.2 Å². The minimum absolute atomic E-state index is 0.255. The molecule has 0 aliphatic rings. The van der Waals surface area contributed by atoms with Crippen molar-refractivity contribution in [2.75, 3.05) is 30.4 Å². The van der Waals surface area contributed by atoms with Crippen molar-refractivity contribution in [1.29, 1.82) is 0 Å². The third kappa shape index (κ3) is 5.50. The molecule has 0 radical (unpaired) electrons. The van der Waals surface area contributed by atoms with Crippen LogP contribution in [0.1, 0.15) is 17.3 Å². The largest absolute Gasteiger partial charge is 0.449 e. The van der Waals surface area contributed by atoms with Crippen LogP contribution in [0.3, 0.4) is 0 Å². The summed E-state index contributed by atoms with van der Waals surface area (Å²) in [6.07, 6.45) is -0.505. The van der Waals surface area contributed by atoms with E-state index in [-0.39, 0.29) is 12.2 Å². The summed E-state index contributed by atoms with van der Waals surface area (Å²) < 4.78 is 31.3. The fourth-order valence-corrected chi connectivity index (χ4v) is 2.23. The van der Waals surface area contributed by atoms with E-state index < -0.39 is 36.1 Å². The molecule has 0 spiro atoms. The van der Waals surface area contributed by atoms with E-state index in [4.69, 9.17) is 4.74 Å². The third-order valence-electron chi connectivity index (χ3n) is 3.67. The number of amides is 3. The number of halogens is 2. The van der Waals surface area contributed by atoms with E-state index in [9.17, 15) is 23.2 Å². The molecule has 0 heterocycles. The topological polar surface area (TPSA) is 87.7 Å². The number of rotatable bonds is 6. The minimum atomic E-state index is -1.01. The van der Waals surface area contributed by atoms with Crippen molar-refractivity contribution in [3.8, 4) is 0 Å². The molecule has 0 fully saturated rings. The van der Waals surface area contributed by atoms with Crippen LogP contribution in [0, 0.1) is 11.6 Å². The van der Waals surface area contributed by atoms with Crippen molar-refractivity contribution in [2.24, 2.45) is 0 Å². The maximum Gasteiger partial charge on any atom is 0.413 e. The van der Waals surface area contributed by atoms with Crippen LogP contribution in [0.5, 0.6) is 0 Å². The highest BCUT2D eigenvalue weighted by molar-refractivity contribution is 5.99. The molecule has 28 heavy (non-hydrogen) atoms. The summed E-state index contributed by atoms with van der Waals surface area (Å²) in [5, 5.41) is 4.81. The summed E-state index contributed by atoms with van der Waals surface area (Å²) >= 11 is 0. The van der Waals surface area contributed by atoms with Crippen LogP contribution in [-0.4, -0.2) is 38.1 Å². The summed E-state index contributed by atoms with van der Waals surface area (Å²) in [5.41, 5.74) is 0.644. The predicted octanol–water partition coefficient (Wildman–Crippen LogP) is 2.93. The highest BCUT2D eigenvalue weighted by atomic mass is 19.1. The van der Waals surface area contributed by atoms with Crippen molar-refractivity contribution in [2.45, 2.75) is 6.92 Å². The highest BCUT2D eigenvalue weighted by Gasteiger charge is 2.14. The minimum Gasteiger partial charge on any atom is -0.449 e. The number of hydrogen-bond donors (Lipinski definition) is 2. The lowest BCUT2D eigenvalue weighted by Gasteiger charge is -2.17. The number of nitrogens with zero attached hydrogens (tertiary/aromatic N) is 1. The molecular formula is C19H19F2N3O4. The summed E-state index contributed by atoms with van der Waals surface area (Å²) in [6.45, 7) is 1.55. The van der Waals surface area contributed by atoms with E-state index in [2.05, 4.69) is 10.6 Å². The Bertz CT molecular complexity index is 872. The van der Waals surface area contributed by atoms with Crippen LogP contribution >= 0.6 is 0 Å². The molecule has 0 unspecified atom stereocenters. The van der Waals surface area contributed by atoms with Crippen molar-refractivity contribution < 1.29 is 27.9 Å². The first-order chi connectivity index (χ1) is 13.3. The number of nitrogens with one attached hydrogen (secondary N) is 2. The zero-order valence-electron chi connectivity index (χ0n) is 15.3. The highest BCUT2D eigenvalue weighted by Crippen LogP contribution is 2.17. The molecule has 9 heteroatoms. The Morgan fingerprint density at radius 1 is 1.07 bits per heavy atom. The Hall–Kier alpha value is -3.49.